The van der Waals surface area contributed by atoms with Crippen LogP contribution in [0, 0.1) is 0 Å². The van der Waals surface area contributed by atoms with Crippen molar-refractivity contribution < 1.29 is 4.74 Å². The molecule has 0 saturated heterocycles. The molecule has 1 N–H and O–H groups in total. The van der Waals surface area contributed by atoms with Crippen LogP contribution in [0.5, 0.6) is 0 Å². The number of hydrogen-bond acceptors (Lipinski definition) is 2. The van der Waals surface area contributed by atoms with Gasteiger partial charge in [-0.15, -0.1) is 6.58 Å². The van der Waals surface area contributed by atoms with Crippen molar-refractivity contribution in [2.45, 2.75) is 26.4 Å². The fourth-order valence-corrected chi connectivity index (χ4v) is 0.690. The quantitative estimate of drug-likeness (QED) is 0.467. The zero-order valence-corrected chi connectivity index (χ0v) is 7.81. The lowest BCUT2D eigenvalue weighted by Crippen LogP contribution is -2.26. The molecule has 0 fully saturated rings. The lowest BCUT2D eigenvalue weighted by Gasteiger charge is -2.10. The van der Waals surface area contributed by atoms with Gasteiger partial charge in [-0.05, 0) is 26.8 Å². The summed E-state index contributed by atoms with van der Waals surface area (Å²) in [4.78, 5) is 0. The Morgan fingerprint density at radius 1 is 1.64 bits per heavy atom. The van der Waals surface area contributed by atoms with Crippen molar-refractivity contribution >= 4 is 0 Å². The fraction of sp³-hybridized carbons (Fsp3) is 0.778. The summed E-state index contributed by atoms with van der Waals surface area (Å²) in [6, 6.07) is 0. The first-order valence-electron chi connectivity index (χ1n) is 4.04. The molecule has 0 rings (SSSR count). The molecule has 11 heavy (non-hydrogen) atoms. The lowest BCUT2D eigenvalue weighted by molar-refractivity contribution is 0.117. The highest BCUT2D eigenvalue weighted by Crippen LogP contribution is 1.92. The Bertz CT molecular complexity index is 112. The second-order valence-corrected chi connectivity index (χ2v) is 2.96. The smallest absolute Gasteiger partial charge is 0.0667 e. The maximum absolute atomic E-state index is 5.07. The summed E-state index contributed by atoms with van der Waals surface area (Å²) in [7, 11) is 1.73. The molecule has 0 amide bonds. The Labute approximate surface area is 69.6 Å². The predicted molar refractivity (Wildman–Crippen MR) is 48.8 cm³/mol. The summed E-state index contributed by atoms with van der Waals surface area (Å²) < 4.78 is 5.07. The van der Waals surface area contributed by atoms with E-state index in [9.17, 15) is 0 Å². The van der Waals surface area contributed by atoms with Crippen molar-refractivity contribution in [1.82, 2.24) is 5.32 Å². The molecule has 2 nitrogen and oxygen atoms in total. The Morgan fingerprint density at radius 3 is 2.73 bits per heavy atom. The van der Waals surface area contributed by atoms with Crippen molar-refractivity contribution in [3.63, 3.8) is 0 Å². The maximum Gasteiger partial charge on any atom is 0.0667 e. The summed E-state index contributed by atoms with van der Waals surface area (Å²) in [5, 5.41) is 3.28. The summed E-state index contributed by atoms with van der Waals surface area (Å²) in [6.07, 6.45) is 1.36. The van der Waals surface area contributed by atoms with Gasteiger partial charge in [0.15, 0.2) is 0 Å². The molecule has 0 bridgehead atoms. The molecule has 1 atom stereocenters. The maximum atomic E-state index is 5.07. The molecule has 66 valence electrons. The molecular weight excluding hydrogens is 138 g/mol. The topological polar surface area (TPSA) is 21.3 Å². The van der Waals surface area contributed by atoms with Gasteiger partial charge < -0.3 is 10.1 Å². The van der Waals surface area contributed by atoms with Crippen LogP contribution in [-0.4, -0.2) is 26.3 Å². The average Bonchev–Trinajstić information content (AvgIpc) is 1.97. The number of hydrogen-bond donors (Lipinski definition) is 1. The van der Waals surface area contributed by atoms with Gasteiger partial charge in [-0.3, -0.25) is 0 Å². The summed E-state index contributed by atoms with van der Waals surface area (Å²) in [5.74, 6) is 0. The second-order valence-electron chi connectivity index (χ2n) is 2.96. The van der Waals surface area contributed by atoms with Crippen LogP contribution in [0.15, 0.2) is 12.2 Å². The Balaban J connectivity index is 3.08. The zero-order chi connectivity index (χ0) is 8.69. The number of ether oxygens (including phenoxy) is 1. The van der Waals surface area contributed by atoms with Crippen LogP contribution < -0.4 is 5.32 Å². The molecule has 0 aromatic rings. The SMILES string of the molecule is C=C(C)CCNCC(C)OC. The van der Waals surface area contributed by atoms with Gasteiger partial charge in [0, 0.05) is 13.7 Å². The van der Waals surface area contributed by atoms with Gasteiger partial charge in [0.25, 0.3) is 0 Å². The summed E-state index contributed by atoms with van der Waals surface area (Å²) in [5.41, 5.74) is 1.22. The first-order valence-corrected chi connectivity index (χ1v) is 4.04. The minimum Gasteiger partial charge on any atom is -0.380 e. The summed E-state index contributed by atoms with van der Waals surface area (Å²) in [6.45, 7) is 9.84. The van der Waals surface area contributed by atoms with Crippen LogP contribution in [0.1, 0.15) is 20.3 Å². The minimum atomic E-state index is 0.306. The third-order valence-corrected chi connectivity index (χ3v) is 1.56. The van der Waals surface area contributed by atoms with Crippen molar-refractivity contribution in [3.05, 3.63) is 12.2 Å². The summed E-state index contributed by atoms with van der Waals surface area (Å²) >= 11 is 0. The van der Waals surface area contributed by atoms with Crippen LogP contribution >= 0.6 is 0 Å². The molecule has 0 spiro atoms. The lowest BCUT2D eigenvalue weighted by atomic mass is 10.2. The van der Waals surface area contributed by atoms with E-state index in [0.29, 0.717) is 6.10 Å². The van der Waals surface area contributed by atoms with E-state index in [2.05, 4.69) is 11.9 Å². The molecule has 0 aliphatic carbocycles. The van der Waals surface area contributed by atoms with E-state index in [0.717, 1.165) is 19.5 Å². The molecule has 0 aromatic heterocycles. The van der Waals surface area contributed by atoms with Gasteiger partial charge in [0.2, 0.25) is 0 Å². The standard InChI is InChI=1S/C9H19NO/c1-8(2)5-6-10-7-9(3)11-4/h9-10H,1,5-7H2,2-4H3. The van der Waals surface area contributed by atoms with E-state index < -0.39 is 0 Å². The number of nitrogens with one attached hydrogen (secondary N) is 1. The van der Waals surface area contributed by atoms with Crippen molar-refractivity contribution in [2.24, 2.45) is 0 Å². The van der Waals surface area contributed by atoms with E-state index in [4.69, 9.17) is 4.74 Å². The number of methoxy groups -OCH3 is 1. The van der Waals surface area contributed by atoms with E-state index >= 15 is 0 Å². The molecule has 0 aliphatic rings. The van der Waals surface area contributed by atoms with E-state index in [1.54, 1.807) is 7.11 Å². The largest absolute Gasteiger partial charge is 0.380 e. The van der Waals surface area contributed by atoms with Gasteiger partial charge in [0.05, 0.1) is 6.10 Å². The van der Waals surface area contributed by atoms with Gasteiger partial charge in [-0.25, -0.2) is 0 Å². The van der Waals surface area contributed by atoms with Crippen molar-refractivity contribution in [3.8, 4) is 0 Å². The molecule has 0 saturated carbocycles. The van der Waals surface area contributed by atoms with E-state index in [-0.39, 0.29) is 0 Å². The van der Waals surface area contributed by atoms with Crippen molar-refractivity contribution in [2.75, 3.05) is 20.2 Å². The van der Waals surface area contributed by atoms with Gasteiger partial charge >= 0.3 is 0 Å². The Morgan fingerprint density at radius 2 is 2.27 bits per heavy atom. The van der Waals surface area contributed by atoms with Crippen LogP contribution in [-0.2, 0) is 4.74 Å². The normalized spacial score (nSPS) is 13.0. The Hall–Kier alpha value is -0.340. The molecule has 2 heteroatoms. The highest BCUT2D eigenvalue weighted by Gasteiger charge is 1.96. The van der Waals surface area contributed by atoms with Gasteiger partial charge in [0.1, 0.15) is 0 Å². The second kappa shape index (κ2) is 6.38. The molecule has 1 unspecified atom stereocenters. The average molecular weight is 157 g/mol. The third kappa shape index (κ3) is 7.56. The molecular formula is C9H19NO. The predicted octanol–water partition coefficient (Wildman–Crippen LogP) is 1.58. The molecule has 0 heterocycles. The first kappa shape index (κ1) is 10.7. The first-order chi connectivity index (χ1) is 5.16. The highest BCUT2D eigenvalue weighted by atomic mass is 16.5. The van der Waals surface area contributed by atoms with Crippen LogP contribution in [0.4, 0.5) is 0 Å². The van der Waals surface area contributed by atoms with Gasteiger partial charge in [-0.1, -0.05) is 5.57 Å². The fourth-order valence-electron chi connectivity index (χ4n) is 0.690. The monoisotopic (exact) mass is 157 g/mol. The third-order valence-electron chi connectivity index (χ3n) is 1.56. The van der Waals surface area contributed by atoms with Crippen LogP contribution in [0.2, 0.25) is 0 Å². The van der Waals surface area contributed by atoms with Crippen molar-refractivity contribution in [1.29, 1.82) is 0 Å². The highest BCUT2D eigenvalue weighted by molar-refractivity contribution is 4.88. The number of rotatable bonds is 6. The van der Waals surface area contributed by atoms with Crippen LogP contribution in [0.25, 0.3) is 0 Å². The van der Waals surface area contributed by atoms with Crippen LogP contribution in [0.3, 0.4) is 0 Å². The van der Waals surface area contributed by atoms with Gasteiger partial charge in [-0.2, -0.15) is 0 Å². The van der Waals surface area contributed by atoms with E-state index in [1.807, 2.05) is 13.8 Å². The van der Waals surface area contributed by atoms with E-state index in [1.165, 1.54) is 5.57 Å². The Kier molecular flexibility index (Phi) is 6.18. The molecule has 0 aliphatic heterocycles. The zero-order valence-electron chi connectivity index (χ0n) is 7.81. The molecule has 0 aromatic carbocycles. The molecule has 0 radical (unpaired) electrons. The minimum absolute atomic E-state index is 0.306.